The Hall–Kier alpha value is -1.38. The molecule has 0 aliphatic carbocycles. The summed E-state index contributed by atoms with van der Waals surface area (Å²) in [6.07, 6.45) is 0.511. The van der Waals surface area contributed by atoms with Crippen molar-refractivity contribution in [2.45, 2.75) is 20.3 Å². The molecule has 1 rings (SSSR count). The maximum Gasteiger partial charge on any atom is 0.132 e. The molecule has 0 unspecified atom stereocenters. The van der Waals surface area contributed by atoms with Gasteiger partial charge in [-0.05, 0) is 25.5 Å². The van der Waals surface area contributed by atoms with Gasteiger partial charge in [-0.1, -0.05) is 23.7 Å². The van der Waals surface area contributed by atoms with Crippen LogP contribution < -0.4 is 0 Å². The van der Waals surface area contributed by atoms with Crippen molar-refractivity contribution in [1.29, 1.82) is 0 Å². The highest BCUT2D eigenvalue weighted by Gasteiger charge is 2.07. The van der Waals surface area contributed by atoms with Crippen molar-refractivity contribution in [3.63, 3.8) is 0 Å². The first-order valence-electron chi connectivity index (χ1n) is 4.16. The zero-order chi connectivity index (χ0) is 9.84. The van der Waals surface area contributed by atoms with Crippen LogP contribution in [-0.2, 0) is 0 Å². The smallest absolute Gasteiger partial charge is 0.132 e. The van der Waals surface area contributed by atoms with E-state index in [4.69, 9.17) is 5.21 Å². The molecule has 0 saturated heterocycles. The van der Waals surface area contributed by atoms with Crippen molar-refractivity contribution in [3.8, 4) is 0 Å². The van der Waals surface area contributed by atoms with E-state index in [9.17, 15) is 4.39 Å². The lowest BCUT2D eigenvalue weighted by Crippen LogP contribution is -2.02. The van der Waals surface area contributed by atoms with Crippen molar-refractivity contribution in [3.05, 3.63) is 35.1 Å². The van der Waals surface area contributed by atoms with Crippen LogP contribution >= 0.6 is 0 Å². The Kier molecular flexibility index (Phi) is 3.01. The molecule has 0 atom stereocenters. The summed E-state index contributed by atoms with van der Waals surface area (Å²) in [5.74, 6) is -0.347. The van der Waals surface area contributed by atoms with E-state index in [2.05, 4.69) is 5.16 Å². The van der Waals surface area contributed by atoms with Crippen molar-refractivity contribution < 1.29 is 9.60 Å². The van der Waals surface area contributed by atoms with Gasteiger partial charge in [0.2, 0.25) is 0 Å². The van der Waals surface area contributed by atoms with Gasteiger partial charge in [-0.15, -0.1) is 0 Å². The zero-order valence-electron chi connectivity index (χ0n) is 7.71. The molecule has 13 heavy (non-hydrogen) atoms. The lowest BCUT2D eigenvalue weighted by Gasteiger charge is -2.03. The van der Waals surface area contributed by atoms with Gasteiger partial charge >= 0.3 is 0 Å². The lowest BCUT2D eigenvalue weighted by molar-refractivity contribution is 0.318. The number of halogens is 1. The van der Waals surface area contributed by atoms with E-state index >= 15 is 0 Å². The van der Waals surface area contributed by atoms with Gasteiger partial charge < -0.3 is 5.21 Å². The number of benzene rings is 1. The first kappa shape index (κ1) is 9.71. The van der Waals surface area contributed by atoms with Crippen LogP contribution in [0.3, 0.4) is 0 Å². The molecule has 0 aliphatic rings. The van der Waals surface area contributed by atoms with Crippen LogP contribution in [0, 0.1) is 12.7 Å². The molecule has 0 bridgehead atoms. The van der Waals surface area contributed by atoms with Crippen LogP contribution in [-0.4, -0.2) is 10.9 Å². The Labute approximate surface area is 76.7 Å². The summed E-state index contributed by atoms with van der Waals surface area (Å²) in [5.41, 5.74) is 1.71. The van der Waals surface area contributed by atoms with Crippen LogP contribution in [0.1, 0.15) is 24.5 Å². The second kappa shape index (κ2) is 4.03. The summed E-state index contributed by atoms with van der Waals surface area (Å²) in [6, 6.07) is 4.74. The van der Waals surface area contributed by atoms with E-state index in [1.165, 1.54) is 6.07 Å². The highest BCUT2D eigenvalue weighted by molar-refractivity contribution is 6.00. The summed E-state index contributed by atoms with van der Waals surface area (Å²) in [5, 5.41) is 11.7. The summed E-state index contributed by atoms with van der Waals surface area (Å²) in [7, 11) is 0. The molecule has 0 saturated carbocycles. The SMILES string of the molecule is CCC(=NO)c1cc(C)ccc1F. The van der Waals surface area contributed by atoms with Gasteiger partial charge in [0.1, 0.15) is 5.82 Å². The molecule has 3 heteroatoms. The molecule has 0 amide bonds. The number of hydrogen-bond donors (Lipinski definition) is 1. The highest BCUT2D eigenvalue weighted by atomic mass is 19.1. The molecule has 1 N–H and O–H groups in total. The average Bonchev–Trinajstić information content (AvgIpc) is 2.13. The normalized spacial score (nSPS) is 11.8. The standard InChI is InChI=1S/C10H12FNO/c1-3-10(12-13)8-6-7(2)4-5-9(8)11/h4-6,13H,3H2,1-2H3. The minimum atomic E-state index is -0.347. The third-order valence-electron chi connectivity index (χ3n) is 1.89. The minimum Gasteiger partial charge on any atom is -0.411 e. The molecule has 1 aromatic carbocycles. The van der Waals surface area contributed by atoms with Crippen LogP contribution in [0.25, 0.3) is 0 Å². The molecule has 0 heterocycles. The predicted octanol–water partition coefficient (Wildman–Crippen LogP) is 2.72. The van der Waals surface area contributed by atoms with Crippen molar-refractivity contribution in [2.24, 2.45) is 5.16 Å². The Bertz CT molecular complexity index is 334. The number of nitrogens with zero attached hydrogens (tertiary/aromatic N) is 1. The third-order valence-corrected chi connectivity index (χ3v) is 1.89. The van der Waals surface area contributed by atoms with Gasteiger partial charge in [0.05, 0.1) is 5.71 Å². The van der Waals surface area contributed by atoms with E-state index in [0.717, 1.165) is 5.56 Å². The number of hydrogen-bond acceptors (Lipinski definition) is 2. The highest BCUT2D eigenvalue weighted by Crippen LogP contribution is 2.12. The molecule has 70 valence electrons. The summed E-state index contributed by atoms with van der Waals surface area (Å²) >= 11 is 0. The number of oxime groups is 1. The van der Waals surface area contributed by atoms with E-state index in [0.29, 0.717) is 17.7 Å². The minimum absolute atomic E-state index is 0.347. The zero-order valence-corrected chi connectivity index (χ0v) is 7.71. The Morgan fingerprint density at radius 1 is 1.54 bits per heavy atom. The van der Waals surface area contributed by atoms with Gasteiger partial charge in [-0.25, -0.2) is 4.39 Å². The molecule has 0 radical (unpaired) electrons. The molecule has 2 nitrogen and oxygen atoms in total. The van der Waals surface area contributed by atoms with Gasteiger partial charge in [-0.2, -0.15) is 0 Å². The Balaban J connectivity index is 3.19. The monoisotopic (exact) mass is 181 g/mol. The first-order chi connectivity index (χ1) is 6.19. The first-order valence-corrected chi connectivity index (χ1v) is 4.16. The second-order valence-corrected chi connectivity index (χ2v) is 2.88. The summed E-state index contributed by atoms with van der Waals surface area (Å²) < 4.78 is 13.2. The Morgan fingerprint density at radius 2 is 2.23 bits per heavy atom. The molecule has 0 aliphatic heterocycles. The van der Waals surface area contributed by atoms with E-state index < -0.39 is 0 Å². The van der Waals surface area contributed by atoms with Gasteiger partial charge in [0.15, 0.2) is 0 Å². The Morgan fingerprint density at radius 3 is 2.77 bits per heavy atom. The van der Waals surface area contributed by atoms with Crippen LogP contribution in [0.5, 0.6) is 0 Å². The molecule has 0 spiro atoms. The predicted molar refractivity (Wildman–Crippen MR) is 49.8 cm³/mol. The fourth-order valence-electron chi connectivity index (χ4n) is 1.18. The van der Waals surface area contributed by atoms with Crippen LogP contribution in [0.2, 0.25) is 0 Å². The summed E-state index contributed by atoms with van der Waals surface area (Å²) in [4.78, 5) is 0. The van der Waals surface area contributed by atoms with Gasteiger partial charge in [0.25, 0.3) is 0 Å². The lowest BCUT2D eigenvalue weighted by atomic mass is 10.1. The van der Waals surface area contributed by atoms with Gasteiger partial charge in [0, 0.05) is 5.56 Å². The van der Waals surface area contributed by atoms with Gasteiger partial charge in [-0.3, -0.25) is 0 Å². The molecule has 0 fully saturated rings. The fourth-order valence-corrected chi connectivity index (χ4v) is 1.18. The van der Waals surface area contributed by atoms with Crippen molar-refractivity contribution >= 4 is 5.71 Å². The summed E-state index contributed by atoms with van der Waals surface area (Å²) in [6.45, 7) is 3.68. The maximum absolute atomic E-state index is 13.2. The van der Waals surface area contributed by atoms with Crippen LogP contribution in [0.15, 0.2) is 23.4 Å². The largest absolute Gasteiger partial charge is 0.411 e. The van der Waals surface area contributed by atoms with E-state index in [1.54, 1.807) is 12.1 Å². The number of aryl methyl sites for hydroxylation is 1. The fraction of sp³-hybridized carbons (Fsp3) is 0.300. The van der Waals surface area contributed by atoms with E-state index in [1.807, 2.05) is 13.8 Å². The second-order valence-electron chi connectivity index (χ2n) is 2.88. The molecular weight excluding hydrogens is 169 g/mol. The molecule has 0 aromatic heterocycles. The average molecular weight is 181 g/mol. The molecule has 1 aromatic rings. The number of rotatable bonds is 2. The van der Waals surface area contributed by atoms with Crippen LogP contribution in [0.4, 0.5) is 4.39 Å². The quantitative estimate of drug-likeness (QED) is 0.424. The van der Waals surface area contributed by atoms with Crippen molar-refractivity contribution in [1.82, 2.24) is 0 Å². The topological polar surface area (TPSA) is 32.6 Å². The maximum atomic E-state index is 13.2. The van der Waals surface area contributed by atoms with E-state index in [-0.39, 0.29) is 5.82 Å². The third kappa shape index (κ3) is 2.05. The molecular formula is C10H12FNO. The van der Waals surface area contributed by atoms with Crippen molar-refractivity contribution in [2.75, 3.05) is 0 Å².